The van der Waals surface area contributed by atoms with Gasteiger partial charge in [-0.1, -0.05) is 87.0 Å². The van der Waals surface area contributed by atoms with Crippen LogP contribution in [0, 0.1) is 11.8 Å². The van der Waals surface area contributed by atoms with E-state index in [2.05, 4.69) is 59.3 Å². The van der Waals surface area contributed by atoms with E-state index >= 15 is 0 Å². The molecule has 0 saturated heterocycles. The number of urea groups is 1. The Kier molecular flexibility index (Phi) is 21.6. The summed E-state index contributed by atoms with van der Waals surface area (Å²) in [5.74, 6) is -6.66. The Hall–Kier alpha value is -8.70. The maximum atomic E-state index is 15.0. The zero-order valence-electron chi connectivity index (χ0n) is 44.0. The minimum Gasteiger partial charge on any atom is -0.508 e. The topological polar surface area (TPSA) is 348 Å². The van der Waals surface area contributed by atoms with Crippen molar-refractivity contribution in [2.75, 3.05) is 18.0 Å². The number of carbonyl (C=O) groups excluding carboxylic acids is 7. The molecule has 0 aliphatic heterocycles. The number of nitrogens with zero attached hydrogens (tertiary/aromatic N) is 5. The Morgan fingerprint density at radius 3 is 1.80 bits per heavy atom. The minimum absolute atomic E-state index is 0.0158. The van der Waals surface area contributed by atoms with E-state index in [0.717, 1.165) is 0 Å². The summed E-state index contributed by atoms with van der Waals surface area (Å²) in [6.07, 6.45) is 2.12. The summed E-state index contributed by atoms with van der Waals surface area (Å²) in [6, 6.07) is 20.9. The fourth-order valence-electron chi connectivity index (χ4n) is 8.62. The van der Waals surface area contributed by atoms with Gasteiger partial charge < -0.3 is 53.4 Å². The third kappa shape index (κ3) is 16.9. The van der Waals surface area contributed by atoms with Crippen molar-refractivity contribution < 1.29 is 48.9 Å². The summed E-state index contributed by atoms with van der Waals surface area (Å²) in [5, 5.41) is 48.4. The number of hydrogen-bond acceptors (Lipinski definition) is 16. The molecule has 6 atom stereocenters. The van der Waals surface area contributed by atoms with E-state index in [1.54, 1.807) is 38.1 Å². The first-order valence-corrected chi connectivity index (χ1v) is 26.3. The largest absolute Gasteiger partial charge is 0.508 e. The third-order valence-electron chi connectivity index (χ3n) is 13.2. The van der Waals surface area contributed by atoms with Crippen LogP contribution in [0.3, 0.4) is 0 Å². The number of phenols is 3. The van der Waals surface area contributed by atoms with E-state index < -0.39 is 71.4 Å². The number of carbonyl (C=O) groups is 7. The molecule has 79 heavy (non-hydrogen) atoms. The average molecular weight is 1100 g/mol. The van der Waals surface area contributed by atoms with Crippen LogP contribution < -0.4 is 38.1 Å². The van der Waals surface area contributed by atoms with Crippen molar-refractivity contribution in [1.82, 2.24) is 46.3 Å². The van der Waals surface area contributed by atoms with Crippen molar-refractivity contribution in [3.8, 4) is 28.5 Å². The molecular formula is C56H66N12O10S. The molecule has 4 aromatic carbocycles. The molecule has 6 unspecified atom stereocenters. The molecule has 2 heterocycles. The number of phenolic OH excluding ortho intramolecular Hbond substituents is 3. The van der Waals surface area contributed by atoms with Gasteiger partial charge in [-0.3, -0.25) is 28.8 Å². The maximum absolute atomic E-state index is 15.0. The van der Waals surface area contributed by atoms with E-state index in [1.807, 2.05) is 30.3 Å². The Labute approximate surface area is 461 Å². The van der Waals surface area contributed by atoms with Crippen molar-refractivity contribution in [2.45, 2.75) is 96.4 Å². The molecule has 416 valence electrons. The fraction of sp³-hybridized carbons (Fsp3) is 0.339. The number of amides is 6. The Balaban J connectivity index is 1.24. The normalized spacial score (nSPS) is 13.7. The lowest BCUT2D eigenvalue weighted by Gasteiger charge is -2.29. The van der Waals surface area contributed by atoms with Gasteiger partial charge in [0.1, 0.15) is 65.5 Å². The second-order valence-corrected chi connectivity index (χ2v) is 19.4. The van der Waals surface area contributed by atoms with E-state index in [0.29, 0.717) is 52.6 Å². The van der Waals surface area contributed by atoms with Gasteiger partial charge in [0, 0.05) is 17.7 Å². The molecule has 2 aromatic heterocycles. The lowest BCUT2D eigenvalue weighted by atomic mass is 9.84. The number of ketones is 2. The number of aliphatic imine (C=N–C) groups is 1. The number of Topliss-reactive ketones (excluding diaryl/α,β-unsaturated/α-hetero) is 2. The van der Waals surface area contributed by atoms with Gasteiger partial charge in [0.2, 0.25) is 23.6 Å². The van der Waals surface area contributed by atoms with Crippen LogP contribution in [-0.4, -0.2) is 119 Å². The SMILES string of the molecule is CCC(C)C(NC(=O)/N=C(/CS)NC(=O)Cn1nc(-c2ccccc2)c2c(N)ncnc21)C(=O)C(Cc1ccc(O)cc1)C(=O)NC(CCCCN)C(=O)NC(Cc1ccc(O)cc1)C(=O)NC(Cc1ccc(O)cc1)C(C)=O. The van der Waals surface area contributed by atoms with Gasteiger partial charge in [-0.15, -0.1) is 0 Å². The second-order valence-electron chi connectivity index (χ2n) is 19.1. The van der Waals surface area contributed by atoms with Crippen LogP contribution in [0.4, 0.5) is 10.6 Å². The summed E-state index contributed by atoms with van der Waals surface area (Å²) in [4.78, 5) is 111. The summed E-state index contributed by atoms with van der Waals surface area (Å²) >= 11 is 4.30. The number of unbranched alkanes of at least 4 members (excludes halogenated alkanes) is 1. The molecule has 6 rings (SSSR count). The highest BCUT2D eigenvalue weighted by Crippen LogP contribution is 2.30. The number of amidine groups is 1. The van der Waals surface area contributed by atoms with Gasteiger partial charge in [-0.2, -0.15) is 22.7 Å². The minimum atomic E-state index is -1.56. The van der Waals surface area contributed by atoms with Gasteiger partial charge >= 0.3 is 6.03 Å². The van der Waals surface area contributed by atoms with Crippen LogP contribution >= 0.6 is 12.6 Å². The molecule has 0 radical (unpaired) electrons. The van der Waals surface area contributed by atoms with Crippen LogP contribution in [0.5, 0.6) is 17.2 Å². The molecule has 0 spiro atoms. The molecule has 0 aliphatic rings. The monoisotopic (exact) mass is 1100 g/mol. The first kappa shape index (κ1) is 59.5. The van der Waals surface area contributed by atoms with Crippen molar-refractivity contribution in [3.63, 3.8) is 0 Å². The number of aromatic nitrogens is 4. The van der Waals surface area contributed by atoms with E-state index in [-0.39, 0.29) is 84.9 Å². The number of fused-ring (bicyclic) bond motifs is 1. The van der Waals surface area contributed by atoms with Gasteiger partial charge in [0.15, 0.2) is 17.2 Å². The molecule has 0 bridgehead atoms. The highest BCUT2D eigenvalue weighted by molar-refractivity contribution is 7.81. The molecule has 6 amide bonds. The fourth-order valence-corrected chi connectivity index (χ4v) is 8.77. The Bertz CT molecular complexity index is 3120. The highest BCUT2D eigenvalue weighted by Gasteiger charge is 2.38. The zero-order chi connectivity index (χ0) is 57.2. The van der Waals surface area contributed by atoms with Gasteiger partial charge in [-0.05, 0) is 105 Å². The van der Waals surface area contributed by atoms with Crippen molar-refractivity contribution >= 4 is 76.5 Å². The quantitative estimate of drug-likeness (QED) is 0.0121. The molecule has 22 nitrogen and oxygen atoms in total. The van der Waals surface area contributed by atoms with Crippen molar-refractivity contribution in [2.24, 2.45) is 22.6 Å². The highest BCUT2D eigenvalue weighted by atomic mass is 32.1. The third-order valence-corrected chi connectivity index (χ3v) is 13.5. The number of aromatic hydroxyl groups is 3. The molecule has 0 saturated carbocycles. The molecule has 6 aromatic rings. The summed E-state index contributed by atoms with van der Waals surface area (Å²) in [6.45, 7) is 4.66. The van der Waals surface area contributed by atoms with Crippen LogP contribution in [0.25, 0.3) is 22.3 Å². The molecule has 0 aliphatic carbocycles. The smallest absolute Gasteiger partial charge is 0.343 e. The Morgan fingerprint density at radius 1 is 0.696 bits per heavy atom. The number of benzene rings is 4. The first-order chi connectivity index (χ1) is 37.9. The summed E-state index contributed by atoms with van der Waals surface area (Å²) in [5.41, 5.74) is 15.1. The number of hydrogen-bond donors (Lipinski definition) is 11. The van der Waals surface area contributed by atoms with Gasteiger partial charge in [0.25, 0.3) is 0 Å². The molecule has 0 fully saturated rings. The maximum Gasteiger partial charge on any atom is 0.343 e. The number of thiol groups is 1. The predicted molar refractivity (Wildman–Crippen MR) is 300 cm³/mol. The molecular weight excluding hydrogens is 1030 g/mol. The van der Waals surface area contributed by atoms with E-state index in [4.69, 9.17) is 11.5 Å². The van der Waals surface area contributed by atoms with Crippen LogP contribution in [0.2, 0.25) is 0 Å². The molecule has 12 N–H and O–H groups in total. The Morgan fingerprint density at radius 2 is 1.24 bits per heavy atom. The number of nitrogens with one attached hydrogen (secondary N) is 5. The lowest BCUT2D eigenvalue weighted by Crippen LogP contribution is -2.58. The van der Waals surface area contributed by atoms with Crippen molar-refractivity contribution in [1.29, 1.82) is 0 Å². The van der Waals surface area contributed by atoms with Crippen LogP contribution in [-0.2, 0) is 54.6 Å². The number of rotatable bonds is 26. The number of anilines is 1. The summed E-state index contributed by atoms with van der Waals surface area (Å²) < 4.78 is 1.34. The predicted octanol–water partition coefficient (Wildman–Crippen LogP) is 3.85. The number of nitrogen functional groups attached to an aromatic ring is 1. The first-order valence-electron chi connectivity index (χ1n) is 25.7. The van der Waals surface area contributed by atoms with E-state index in [1.165, 1.54) is 66.5 Å². The molecule has 23 heteroatoms. The van der Waals surface area contributed by atoms with E-state index in [9.17, 15) is 48.9 Å². The standard InChI is InChI=1S/C56H66N12O10S/c1-4-32(2)48(66-56(78)65-45(30-79)64-46(73)29-68-52-47(51(58)59-31-60-52)49(67-68)37-10-6-5-7-11-37)50(74)41(26-34-13-19-38(70)20-14-34)53(75)61-42(12-8-9-25-57)54(76)63-44(28-36-17-23-40(72)24-18-36)55(77)62-43(33(3)69)27-35-15-21-39(71)22-16-35/h5-7,10-11,13-24,31-32,41-44,48,70-72,79H,4,8-9,12,25-30,57H2,1-3H3,(H,61,75)(H,62,77)(H,63,76)(H2,58,59,60)(H2,64,65,66,73,78). The second kappa shape index (κ2) is 28.6. The van der Waals surface area contributed by atoms with Gasteiger partial charge in [0.05, 0.1) is 17.5 Å². The number of nitrogens with two attached hydrogens (primary N) is 2. The van der Waals surface area contributed by atoms with Crippen LogP contribution in [0.1, 0.15) is 63.1 Å². The van der Waals surface area contributed by atoms with Gasteiger partial charge in [-0.25, -0.2) is 19.4 Å². The van der Waals surface area contributed by atoms with Crippen LogP contribution in [0.15, 0.2) is 114 Å². The lowest BCUT2D eigenvalue weighted by molar-refractivity contribution is -0.138. The zero-order valence-corrected chi connectivity index (χ0v) is 44.9. The average Bonchev–Trinajstić information content (AvgIpc) is 4.00. The summed E-state index contributed by atoms with van der Waals surface area (Å²) in [7, 11) is 0. The van der Waals surface area contributed by atoms with Crippen molar-refractivity contribution in [3.05, 3.63) is 126 Å².